The lowest BCUT2D eigenvalue weighted by atomic mass is 10.2. The maximum absolute atomic E-state index is 13.0. The summed E-state index contributed by atoms with van der Waals surface area (Å²) < 4.78 is 23.3. The zero-order valence-electron chi connectivity index (χ0n) is 15.1. The van der Waals surface area contributed by atoms with Crippen molar-refractivity contribution in [1.82, 2.24) is 10.9 Å². The van der Waals surface area contributed by atoms with Gasteiger partial charge in [0.25, 0.3) is 11.8 Å². The molecule has 0 atom stereocenters. The summed E-state index contributed by atoms with van der Waals surface area (Å²) in [5, 5.41) is 0. The molecule has 0 aliphatic heterocycles. The predicted molar refractivity (Wildman–Crippen MR) is 104 cm³/mol. The highest BCUT2D eigenvalue weighted by Gasteiger charge is 2.16. The number of carbonyl (C=O) groups excluding carboxylic acids is 2. The van der Waals surface area contributed by atoms with Gasteiger partial charge in [0.1, 0.15) is 17.3 Å². The van der Waals surface area contributed by atoms with Crippen LogP contribution >= 0.6 is 11.3 Å². The third-order valence-corrected chi connectivity index (χ3v) is 5.03. The topological polar surface area (TPSA) is 76.7 Å². The number of rotatable bonds is 5. The van der Waals surface area contributed by atoms with E-state index in [9.17, 15) is 14.0 Å². The normalized spacial score (nSPS) is 10.2. The molecule has 0 spiro atoms. The van der Waals surface area contributed by atoms with Crippen LogP contribution in [0.15, 0.2) is 54.6 Å². The molecule has 0 bridgehead atoms. The van der Waals surface area contributed by atoms with E-state index < -0.39 is 11.8 Å². The van der Waals surface area contributed by atoms with Gasteiger partial charge >= 0.3 is 0 Å². The smallest absolute Gasteiger partial charge is 0.279 e. The van der Waals surface area contributed by atoms with Crippen molar-refractivity contribution in [3.05, 3.63) is 70.9 Å². The van der Waals surface area contributed by atoms with Crippen molar-refractivity contribution in [2.45, 2.75) is 0 Å². The number of amides is 2. The van der Waals surface area contributed by atoms with Crippen molar-refractivity contribution in [2.75, 3.05) is 14.2 Å². The van der Waals surface area contributed by atoms with Crippen LogP contribution in [-0.4, -0.2) is 26.0 Å². The molecule has 8 heteroatoms. The first-order valence-electron chi connectivity index (χ1n) is 8.20. The van der Waals surface area contributed by atoms with Crippen LogP contribution in [0.5, 0.6) is 11.5 Å². The molecule has 1 aromatic heterocycles. The summed E-state index contributed by atoms with van der Waals surface area (Å²) in [6.45, 7) is 0. The van der Waals surface area contributed by atoms with Crippen LogP contribution in [0.1, 0.15) is 20.0 Å². The van der Waals surface area contributed by atoms with E-state index in [-0.39, 0.29) is 11.4 Å². The monoisotopic (exact) mass is 400 g/mol. The second kappa shape index (κ2) is 8.53. The Morgan fingerprint density at radius 3 is 2.29 bits per heavy atom. The highest BCUT2D eigenvalue weighted by atomic mass is 32.1. The van der Waals surface area contributed by atoms with E-state index in [1.165, 1.54) is 43.8 Å². The van der Waals surface area contributed by atoms with Gasteiger partial charge in [0, 0.05) is 10.9 Å². The molecule has 0 radical (unpaired) electrons. The minimum atomic E-state index is -0.525. The van der Waals surface area contributed by atoms with Gasteiger partial charge in [-0.1, -0.05) is 12.1 Å². The lowest BCUT2D eigenvalue weighted by molar-refractivity contribution is 0.0847. The maximum Gasteiger partial charge on any atom is 0.279 e. The molecule has 3 aromatic rings. The Morgan fingerprint density at radius 2 is 1.61 bits per heavy atom. The van der Waals surface area contributed by atoms with Gasteiger partial charge in [-0.3, -0.25) is 20.4 Å². The van der Waals surface area contributed by atoms with E-state index in [2.05, 4.69) is 10.9 Å². The summed E-state index contributed by atoms with van der Waals surface area (Å²) in [6.07, 6.45) is 0. The third kappa shape index (κ3) is 4.29. The van der Waals surface area contributed by atoms with E-state index >= 15 is 0 Å². The summed E-state index contributed by atoms with van der Waals surface area (Å²) in [5.74, 6) is -0.442. The van der Waals surface area contributed by atoms with Gasteiger partial charge in [-0.25, -0.2) is 4.39 Å². The fraction of sp³-hybridized carbons (Fsp3) is 0.100. The summed E-state index contributed by atoms with van der Waals surface area (Å²) in [5.41, 5.74) is 5.79. The second-order valence-corrected chi connectivity index (χ2v) is 6.73. The number of thiophene rings is 1. The van der Waals surface area contributed by atoms with E-state index in [1.54, 1.807) is 36.4 Å². The molecule has 2 amide bonds. The second-order valence-electron chi connectivity index (χ2n) is 5.65. The lowest BCUT2D eigenvalue weighted by Gasteiger charge is -2.11. The van der Waals surface area contributed by atoms with Crippen LogP contribution in [-0.2, 0) is 0 Å². The Bertz CT molecular complexity index is 1000. The highest BCUT2D eigenvalue weighted by molar-refractivity contribution is 7.17. The van der Waals surface area contributed by atoms with Crippen LogP contribution < -0.4 is 20.3 Å². The Balaban J connectivity index is 1.66. The molecule has 2 aromatic carbocycles. The zero-order chi connectivity index (χ0) is 20.1. The largest absolute Gasteiger partial charge is 0.497 e. The van der Waals surface area contributed by atoms with Gasteiger partial charge in [0.2, 0.25) is 0 Å². The van der Waals surface area contributed by atoms with Crippen molar-refractivity contribution in [1.29, 1.82) is 0 Å². The molecule has 0 saturated carbocycles. The molecule has 6 nitrogen and oxygen atoms in total. The summed E-state index contributed by atoms with van der Waals surface area (Å²) in [6, 6.07) is 14.1. The van der Waals surface area contributed by atoms with Crippen LogP contribution in [0.4, 0.5) is 4.39 Å². The first kappa shape index (κ1) is 19.4. The molecule has 28 heavy (non-hydrogen) atoms. The first-order chi connectivity index (χ1) is 13.5. The van der Waals surface area contributed by atoms with Gasteiger partial charge in [-0.05, 0) is 42.0 Å². The minimum Gasteiger partial charge on any atom is -0.497 e. The van der Waals surface area contributed by atoms with E-state index in [4.69, 9.17) is 9.47 Å². The molecule has 0 unspecified atom stereocenters. The van der Waals surface area contributed by atoms with Gasteiger partial charge in [0.05, 0.1) is 24.7 Å². The van der Waals surface area contributed by atoms with Crippen molar-refractivity contribution < 1.29 is 23.5 Å². The number of benzene rings is 2. The Labute approximate surface area is 164 Å². The number of carbonyl (C=O) groups is 2. The third-order valence-electron chi connectivity index (χ3n) is 3.90. The maximum atomic E-state index is 13.0. The number of hydrazine groups is 1. The van der Waals surface area contributed by atoms with Crippen LogP contribution in [0, 0.1) is 5.82 Å². The summed E-state index contributed by atoms with van der Waals surface area (Å²) in [7, 11) is 2.95. The Hall–Kier alpha value is -3.39. The first-order valence-corrected chi connectivity index (χ1v) is 9.02. The molecule has 3 rings (SSSR count). The Kier molecular flexibility index (Phi) is 5.90. The Morgan fingerprint density at radius 1 is 0.893 bits per heavy atom. The fourth-order valence-electron chi connectivity index (χ4n) is 2.46. The molecule has 0 fully saturated rings. The SMILES string of the molecule is COc1ccc(C(=O)NNC(=O)c2ccc(-c3ccc(F)cc3)s2)c(OC)c1. The van der Waals surface area contributed by atoms with E-state index in [1.807, 2.05) is 0 Å². The van der Waals surface area contributed by atoms with Gasteiger partial charge in [-0.2, -0.15) is 0 Å². The van der Waals surface area contributed by atoms with Crippen molar-refractivity contribution in [3.8, 4) is 21.9 Å². The fourth-order valence-corrected chi connectivity index (χ4v) is 3.36. The van der Waals surface area contributed by atoms with Crippen LogP contribution in [0.2, 0.25) is 0 Å². The van der Waals surface area contributed by atoms with Gasteiger partial charge in [0.15, 0.2) is 0 Å². The highest BCUT2D eigenvalue weighted by Crippen LogP contribution is 2.28. The predicted octanol–water partition coefficient (Wildman–Crippen LogP) is 3.65. The zero-order valence-corrected chi connectivity index (χ0v) is 15.9. The molecule has 0 aliphatic rings. The summed E-state index contributed by atoms with van der Waals surface area (Å²) in [4.78, 5) is 25.9. The number of ether oxygens (including phenoxy) is 2. The van der Waals surface area contributed by atoms with Crippen molar-refractivity contribution in [3.63, 3.8) is 0 Å². The molecule has 0 aliphatic carbocycles. The number of halogens is 1. The molecule has 144 valence electrons. The number of methoxy groups -OCH3 is 2. The van der Waals surface area contributed by atoms with Gasteiger partial charge in [-0.15, -0.1) is 11.3 Å². The van der Waals surface area contributed by atoms with Crippen molar-refractivity contribution in [2.24, 2.45) is 0 Å². The van der Waals surface area contributed by atoms with E-state index in [0.717, 1.165) is 10.4 Å². The van der Waals surface area contributed by atoms with Gasteiger partial charge < -0.3 is 9.47 Å². The quantitative estimate of drug-likeness (QED) is 0.641. The molecular formula is C20H17FN2O4S. The average Bonchev–Trinajstić information content (AvgIpc) is 3.22. The lowest BCUT2D eigenvalue weighted by Crippen LogP contribution is -2.41. The summed E-state index contributed by atoms with van der Waals surface area (Å²) >= 11 is 1.23. The number of nitrogens with one attached hydrogen (secondary N) is 2. The van der Waals surface area contributed by atoms with E-state index in [0.29, 0.717) is 16.4 Å². The van der Waals surface area contributed by atoms with Crippen LogP contribution in [0.3, 0.4) is 0 Å². The average molecular weight is 400 g/mol. The molecule has 2 N–H and O–H groups in total. The standard InChI is InChI=1S/C20H17FN2O4S/c1-26-14-7-8-15(16(11-14)27-2)19(24)22-23-20(25)18-10-9-17(28-18)12-3-5-13(21)6-4-12/h3-11H,1-2H3,(H,22,24)(H,23,25). The number of hydrogen-bond acceptors (Lipinski definition) is 5. The van der Waals surface area contributed by atoms with Crippen molar-refractivity contribution >= 4 is 23.2 Å². The van der Waals surface area contributed by atoms with Crippen LogP contribution in [0.25, 0.3) is 10.4 Å². The molecular weight excluding hydrogens is 383 g/mol. The minimum absolute atomic E-state index is 0.252. The molecule has 1 heterocycles. The molecule has 0 saturated heterocycles. The number of hydrogen-bond donors (Lipinski definition) is 2.